The molecule has 0 spiro atoms. The fourth-order valence-corrected chi connectivity index (χ4v) is 3.76. The lowest BCUT2D eigenvalue weighted by Crippen LogP contribution is -2.36. The van der Waals surface area contributed by atoms with Crippen LogP contribution in [0.4, 0.5) is 11.4 Å². The van der Waals surface area contributed by atoms with E-state index in [0.29, 0.717) is 13.1 Å². The molecule has 1 heterocycles. The number of nitro benzene ring substituents is 1. The predicted octanol–water partition coefficient (Wildman–Crippen LogP) is 1.35. The molecule has 0 aromatic heterocycles. The third-order valence-electron chi connectivity index (χ3n) is 3.14. The van der Waals surface area contributed by atoms with Crippen molar-refractivity contribution >= 4 is 21.4 Å². The Kier molecular flexibility index (Phi) is 3.72. The van der Waals surface area contributed by atoms with Crippen molar-refractivity contribution in [3.63, 3.8) is 0 Å². The predicted molar refractivity (Wildman–Crippen MR) is 70.1 cm³/mol. The summed E-state index contributed by atoms with van der Waals surface area (Å²) >= 11 is 0. The Balaban J connectivity index is 2.44. The molecule has 0 saturated carbocycles. The van der Waals surface area contributed by atoms with Crippen LogP contribution in [0.3, 0.4) is 0 Å². The summed E-state index contributed by atoms with van der Waals surface area (Å²) in [6.45, 7) is 0.870. The zero-order chi connectivity index (χ0) is 14.0. The lowest BCUT2D eigenvalue weighted by molar-refractivity contribution is -0.385. The minimum atomic E-state index is -3.74. The maximum Gasteiger partial charge on any atom is 0.270 e. The van der Waals surface area contributed by atoms with Gasteiger partial charge in [-0.15, -0.1) is 0 Å². The third kappa shape index (κ3) is 2.69. The van der Waals surface area contributed by atoms with Crippen LogP contribution in [-0.2, 0) is 10.0 Å². The Morgan fingerprint density at radius 1 is 1.21 bits per heavy atom. The van der Waals surface area contributed by atoms with Crippen LogP contribution < -0.4 is 5.73 Å². The Morgan fingerprint density at radius 2 is 1.84 bits per heavy atom. The molecule has 8 heteroatoms. The van der Waals surface area contributed by atoms with E-state index < -0.39 is 14.9 Å². The van der Waals surface area contributed by atoms with E-state index in [-0.39, 0.29) is 16.3 Å². The van der Waals surface area contributed by atoms with Gasteiger partial charge in [0.2, 0.25) is 10.0 Å². The maximum absolute atomic E-state index is 12.4. The molecule has 0 bridgehead atoms. The molecule has 0 atom stereocenters. The minimum Gasteiger partial charge on any atom is -0.398 e. The highest BCUT2D eigenvalue weighted by molar-refractivity contribution is 7.89. The number of benzene rings is 1. The molecule has 7 nitrogen and oxygen atoms in total. The Hall–Kier alpha value is -1.67. The van der Waals surface area contributed by atoms with Crippen LogP contribution >= 0.6 is 0 Å². The fourth-order valence-electron chi connectivity index (χ4n) is 2.10. The second-order valence-corrected chi connectivity index (χ2v) is 6.35. The second-order valence-electron chi connectivity index (χ2n) is 4.44. The van der Waals surface area contributed by atoms with Crippen molar-refractivity contribution in [1.29, 1.82) is 0 Å². The number of piperidine rings is 1. The summed E-state index contributed by atoms with van der Waals surface area (Å²) < 4.78 is 26.2. The SMILES string of the molecule is Nc1ccc([N+](=O)[O-])cc1S(=O)(=O)N1CCCCC1. The smallest absolute Gasteiger partial charge is 0.270 e. The van der Waals surface area contributed by atoms with Gasteiger partial charge < -0.3 is 5.73 Å². The van der Waals surface area contributed by atoms with E-state index in [1.165, 1.54) is 16.4 Å². The Labute approximate surface area is 111 Å². The van der Waals surface area contributed by atoms with Crippen molar-refractivity contribution in [2.75, 3.05) is 18.8 Å². The maximum atomic E-state index is 12.4. The number of nitrogens with zero attached hydrogens (tertiary/aromatic N) is 2. The van der Waals surface area contributed by atoms with Gasteiger partial charge in [-0.25, -0.2) is 8.42 Å². The number of non-ortho nitro benzene ring substituents is 1. The van der Waals surface area contributed by atoms with E-state index in [1.54, 1.807) is 0 Å². The summed E-state index contributed by atoms with van der Waals surface area (Å²) in [5.74, 6) is 0. The average Bonchev–Trinajstić information content (AvgIpc) is 2.39. The van der Waals surface area contributed by atoms with E-state index in [9.17, 15) is 18.5 Å². The highest BCUT2D eigenvalue weighted by Crippen LogP contribution is 2.28. The van der Waals surface area contributed by atoms with Crippen LogP contribution in [0.25, 0.3) is 0 Å². The van der Waals surface area contributed by atoms with Crippen molar-refractivity contribution in [3.05, 3.63) is 28.3 Å². The van der Waals surface area contributed by atoms with Crippen molar-refractivity contribution in [2.45, 2.75) is 24.2 Å². The summed E-state index contributed by atoms with van der Waals surface area (Å²) in [7, 11) is -3.74. The van der Waals surface area contributed by atoms with Crippen molar-refractivity contribution in [2.24, 2.45) is 0 Å². The first kappa shape index (κ1) is 13.8. The molecular formula is C11H15N3O4S. The van der Waals surface area contributed by atoms with E-state index in [4.69, 9.17) is 5.73 Å². The molecule has 1 aromatic rings. The topological polar surface area (TPSA) is 107 Å². The van der Waals surface area contributed by atoms with Crippen molar-refractivity contribution in [3.8, 4) is 0 Å². The number of nitro groups is 1. The van der Waals surface area contributed by atoms with Gasteiger partial charge in [0.1, 0.15) is 4.90 Å². The second kappa shape index (κ2) is 5.14. The van der Waals surface area contributed by atoms with Crippen molar-refractivity contribution in [1.82, 2.24) is 4.31 Å². The lowest BCUT2D eigenvalue weighted by Gasteiger charge is -2.26. The summed E-state index contributed by atoms with van der Waals surface area (Å²) in [5.41, 5.74) is 5.42. The molecule has 2 rings (SSSR count). The van der Waals surface area contributed by atoms with Crippen LogP contribution in [0.5, 0.6) is 0 Å². The largest absolute Gasteiger partial charge is 0.398 e. The van der Waals surface area contributed by atoms with Crippen LogP contribution in [0, 0.1) is 10.1 Å². The normalized spacial score (nSPS) is 17.3. The first-order chi connectivity index (χ1) is 8.93. The van der Waals surface area contributed by atoms with E-state index in [0.717, 1.165) is 25.3 Å². The van der Waals surface area contributed by atoms with Gasteiger partial charge in [0, 0.05) is 25.2 Å². The highest BCUT2D eigenvalue weighted by Gasteiger charge is 2.29. The summed E-state index contributed by atoms with van der Waals surface area (Å²) in [6, 6.07) is 3.48. The molecular weight excluding hydrogens is 270 g/mol. The molecule has 1 aliphatic rings. The number of sulfonamides is 1. The average molecular weight is 285 g/mol. The van der Waals surface area contributed by atoms with Crippen LogP contribution in [0.1, 0.15) is 19.3 Å². The van der Waals surface area contributed by atoms with Gasteiger partial charge in [-0.3, -0.25) is 10.1 Å². The van der Waals surface area contributed by atoms with Gasteiger partial charge >= 0.3 is 0 Å². The molecule has 1 aromatic carbocycles. The molecule has 19 heavy (non-hydrogen) atoms. The van der Waals surface area contributed by atoms with Gasteiger partial charge in [-0.2, -0.15) is 4.31 Å². The van der Waals surface area contributed by atoms with E-state index >= 15 is 0 Å². The third-order valence-corrected chi connectivity index (χ3v) is 5.10. The molecule has 0 unspecified atom stereocenters. The molecule has 1 aliphatic heterocycles. The lowest BCUT2D eigenvalue weighted by atomic mass is 10.2. The number of hydrogen-bond acceptors (Lipinski definition) is 5. The first-order valence-corrected chi connectivity index (χ1v) is 7.41. The summed E-state index contributed by atoms with van der Waals surface area (Å²) in [5, 5.41) is 10.7. The molecule has 1 saturated heterocycles. The van der Waals surface area contributed by atoms with Gasteiger partial charge in [0.05, 0.1) is 10.6 Å². The quantitative estimate of drug-likeness (QED) is 0.512. The number of hydrogen-bond donors (Lipinski definition) is 1. The number of nitrogens with two attached hydrogens (primary N) is 1. The van der Waals surface area contributed by atoms with Gasteiger partial charge in [-0.1, -0.05) is 6.42 Å². The monoisotopic (exact) mass is 285 g/mol. The van der Waals surface area contributed by atoms with Crippen LogP contribution in [0.15, 0.2) is 23.1 Å². The van der Waals surface area contributed by atoms with Gasteiger partial charge in [0.15, 0.2) is 0 Å². The highest BCUT2D eigenvalue weighted by atomic mass is 32.2. The zero-order valence-electron chi connectivity index (χ0n) is 10.3. The Bertz CT molecular complexity index is 594. The van der Waals surface area contributed by atoms with Gasteiger partial charge in [0.25, 0.3) is 5.69 Å². The number of anilines is 1. The molecule has 2 N–H and O–H groups in total. The van der Waals surface area contributed by atoms with E-state index in [1.807, 2.05) is 0 Å². The number of rotatable bonds is 3. The summed E-state index contributed by atoms with van der Waals surface area (Å²) in [6.07, 6.45) is 2.60. The molecule has 0 radical (unpaired) electrons. The van der Waals surface area contributed by atoms with Crippen LogP contribution in [-0.4, -0.2) is 30.7 Å². The van der Waals surface area contributed by atoms with E-state index in [2.05, 4.69) is 0 Å². The Morgan fingerprint density at radius 3 is 2.42 bits per heavy atom. The first-order valence-electron chi connectivity index (χ1n) is 5.97. The molecule has 0 amide bonds. The molecule has 1 fully saturated rings. The number of nitrogen functional groups attached to an aromatic ring is 1. The molecule has 104 valence electrons. The molecule has 0 aliphatic carbocycles. The fraction of sp³-hybridized carbons (Fsp3) is 0.455. The standard InChI is InChI=1S/C11H15N3O4S/c12-10-5-4-9(14(15)16)8-11(10)19(17,18)13-6-2-1-3-7-13/h4-5,8H,1-3,6-7,12H2. The minimum absolute atomic E-state index is 0.0381. The van der Waals surface area contributed by atoms with Gasteiger partial charge in [-0.05, 0) is 18.9 Å². The zero-order valence-corrected chi connectivity index (χ0v) is 11.1. The van der Waals surface area contributed by atoms with Crippen LogP contribution in [0.2, 0.25) is 0 Å². The summed E-state index contributed by atoms with van der Waals surface area (Å²) in [4.78, 5) is 9.92. The van der Waals surface area contributed by atoms with Crippen molar-refractivity contribution < 1.29 is 13.3 Å².